The van der Waals surface area contributed by atoms with Gasteiger partial charge in [-0.1, -0.05) is 35.9 Å². The fourth-order valence-electron chi connectivity index (χ4n) is 10.2. The fraction of sp³-hybridized carbons (Fsp3) is 0.327. The summed E-state index contributed by atoms with van der Waals surface area (Å²) in [4.78, 5) is 68.4. The summed E-state index contributed by atoms with van der Waals surface area (Å²) in [5.74, 6) is -0.809. The second-order valence-corrected chi connectivity index (χ2v) is 22.7. The van der Waals surface area contributed by atoms with Crippen LogP contribution in [0.5, 0.6) is 5.75 Å². The van der Waals surface area contributed by atoms with Gasteiger partial charge in [-0.3, -0.25) is 39.0 Å². The van der Waals surface area contributed by atoms with Crippen LogP contribution in [-0.4, -0.2) is 125 Å². The van der Waals surface area contributed by atoms with Gasteiger partial charge in [0.2, 0.25) is 17.8 Å². The van der Waals surface area contributed by atoms with Crippen molar-refractivity contribution < 1.29 is 32.9 Å². The number of aryl methyl sites for hydroxylation is 1. The maximum absolute atomic E-state index is 14.8. The van der Waals surface area contributed by atoms with Crippen molar-refractivity contribution in [3.63, 3.8) is 0 Å². The summed E-state index contributed by atoms with van der Waals surface area (Å²) >= 11 is 6.67. The Morgan fingerprint density at radius 2 is 1.57 bits per heavy atom. The highest BCUT2D eigenvalue weighted by molar-refractivity contribution is 7.70. The smallest absolute Gasteiger partial charge is 0.262 e. The van der Waals surface area contributed by atoms with E-state index in [-0.39, 0.29) is 41.0 Å². The molecule has 1 atom stereocenters. The molecular formula is C52H54ClFN11O6P. The average molecular weight is 1010 g/mol. The first-order chi connectivity index (χ1) is 34.6. The minimum atomic E-state index is -2.88. The molecule has 0 spiro atoms. The minimum Gasteiger partial charge on any atom is -0.494 e. The van der Waals surface area contributed by atoms with Gasteiger partial charge in [-0.25, -0.2) is 9.37 Å². The monoisotopic (exact) mass is 1010 g/mol. The third kappa shape index (κ3) is 9.78. The van der Waals surface area contributed by atoms with Crippen molar-refractivity contribution in [2.45, 2.75) is 31.7 Å². The number of piperidine rings is 2. The number of nitrogens with zero attached hydrogens (tertiary/aromatic N) is 8. The molecule has 3 saturated heterocycles. The van der Waals surface area contributed by atoms with E-state index in [2.05, 4.69) is 40.7 Å². The topological polar surface area (TPSA) is 187 Å². The van der Waals surface area contributed by atoms with E-state index in [0.29, 0.717) is 45.0 Å². The predicted molar refractivity (Wildman–Crippen MR) is 276 cm³/mol. The van der Waals surface area contributed by atoms with E-state index in [9.17, 15) is 28.1 Å². The highest BCUT2D eigenvalue weighted by Crippen LogP contribution is 2.43. The van der Waals surface area contributed by atoms with Crippen LogP contribution in [0, 0.1) is 11.7 Å². The van der Waals surface area contributed by atoms with Crippen LogP contribution in [-0.2, 0) is 21.2 Å². The number of anilines is 6. The van der Waals surface area contributed by atoms with Crippen molar-refractivity contribution in [1.29, 1.82) is 0 Å². The Morgan fingerprint density at radius 3 is 2.28 bits per heavy atom. The molecule has 3 N–H and O–H groups in total. The van der Waals surface area contributed by atoms with Gasteiger partial charge in [-0.15, -0.1) is 0 Å². The number of rotatable bonds is 13. The lowest BCUT2D eigenvalue weighted by molar-refractivity contribution is -0.136. The lowest BCUT2D eigenvalue weighted by atomic mass is 9.95. The lowest BCUT2D eigenvalue weighted by Gasteiger charge is -2.40. The first-order valence-electron chi connectivity index (χ1n) is 23.9. The van der Waals surface area contributed by atoms with Crippen molar-refractivity contribution in [2.75, 3.05) is 86.7 Å². The van der Waals surface area contributed by atoms with Gasteiger partial charge in [0.15, 0.2) is 5.82 Å². The van der Waals surface area contributed by atoms with Gasteiger partial charge in [0.05, 0.1) is 42.0 Å². The van der Waals surface area contributed by atoms with Gasteiger partial charge in [0.25, 0.3) is 11.8 Å². The van der Waals surface area contributed by atoms with E-state index in [1.807, 2.05) is 37.6 Å². The predicted octanol–water partition coefficient (Wildman–Crippen LogP) is 7.52. The van der Waals surface area contributed by atoms with Crippen LogP contribution >= 0.6 is 18.7 Å². The average Bonchev–Trinajstić information content (AvgIpc) is 3.91. The molecule has 0 aliphatic carbocycles. The van der Waals surface area contributed by atoms with E-state index < -0.39 is 36.8 Å². The molecule has 2 aromatic heterocycles. The van der Waals surface area contributed by atoms with Gasteiger partial charge < -0.3 is 29.7 Å². The van der Waals surface area contributed by atoms with Crippen molar-refractivity contribution in [3.05, 3.63) is 113 Å². The van der Waals surface area contributed by atoms with Gasteiger partial charge >= 0.3 is 0 Å². The molecular weight excluding hydrogens is 960 g/mol. The van der Waals surface area contributed by atoms with E-state index in [1.165, 1.54) is 12.3 Å². The number of halogens is 2. The zero-order chi connectivity index (χ0) is 50.4. The Labute approximate surface area is 421 Å². The van der Waals surface area contributed by atoms with Crippen molar-refractivity contribution in [2.24, 2.45) is 13.0 Å². The molecule has 6 aromatic rings. The normalized spacial score (nSPS) is 17.9. The SMILES string of the molecule is COc1cc(N2CCN(CC3CCN(c4ccc5c(c4)C(=O)N(C4CCC(=O)NC4=O)C5=O)CC3)CC2)c(-c2cnn(C)c2)cc1Nc1ncc(Cl)c(Nc2ccc(-c3ccccc3F)cc2P(C)(C)=O)n1. The van der Waals surface area contributed by atoms with Crippen LogP contribution in [0.4, 0.5) is 38.9 Å². The number of amides is 4. The molecule has 17 nitrogen and oxygen atoms in total. The molecule has 6 heterocycles. The number of methoxy groups -OCH3 is 1. The van der Waals surface area contributed by atoms with Crippen LogP contribution in [0.2, 0.25) is 5.02 Å². The standard InChI is InChI=1S/C52H54ClFN11O6P/c1-61-30-33(27-56-61)37-25-42(58-52-55-28-39(53)48(60-52)57-41-12-9-32(23-46(41)72(3,4)70)35-7-5-6-8-40(35)54)45(71-2)26-44(37)64-21-19-62(20-22-64)29-31-15-17-63(18-16-31)34-10-11-36-38(24-34)51(69)65(50(36)68)43-13-14-47(66)59-49(43)67/h5-12,23-28,30-31,43H,13-22,29H2,1-4H3,(H,59,66,67)(H2,55,57,58,60). The summed E-state index contributed by atoms with van der Waals surface area (Å²) in [6.07, 6.45) is 7.44. The molecule has 1 unspecified atom stereocenters. The van der Waals surface area contributed by atoms with Gasteiger partial charge in [0, 0.05) is 105 Å². The maximum Gasteiger partial charge on any atom is 0.262 e. The summed E-state index contributed by atoms with van der Waals surface area (Å²) in [5, 5.41) is 14.1. The summed E-state index contributed by atoms with van der Waals surface area (Å²) in [6, 6.07) is 20.1. The highest BCUT2D eigenvalue weighted by Gasteiger charge is 2.45. The zero-order valence-electron chi connectivity index (χ0n) is 40.3. The number of hydrogen-bond acceptors (Lipinski definition) is 14. The molecule has 0 saturated carbocycles. The Balaban J connectivity index is 0.800. The van der Waals surface area contributed by atoms with Crippen molar-refractivity contribution in [1.82, 2.24) is 34.9 Å². The molecule has 4 aromatic carbocycles. The van der Waals surface area contributed by atoms with E-state index in [0.717, 1.165) is 86.1 Å². The van der Waals surface area contributed by atoms with Crippen LogP contribution in [0.1, 0.15) is 46.4 Å². The Hall–Kier alpha value is -7.14. The molecule has 4 aliphatic rings. The summed E-state index contributed by atoms with van der Waals surface area (Å²) in [6.45, 7) is 9.23. The number of nitrogens with one attached hydrogen (secondary N) is 3. The number of benzene rings is 4. The number of ether oxygens (including phenoxy) is 1. The third-order valence-corrected chi connectivity index (χ3v) is 15.8. The van der Waals surface area contributed by atoms with Crippen LogP contribution in [0.15, 0.2) is 91.4 Å². The van der Waals surface area contributed by atoms with Crippen molar-refractivity contribution >= 4 is 82.2 Å². The number of carbonyl (C=O) groups is 4. The molecule has 4 aliphatic heterocycles. The second kappa shape index (κ2) is 19.8. The molecule has 372 valence electrons. The number of imide groups is 2. The van der Waals surface area contributed by atoms with Crippen LogP contribution in [0.3, 0.4) is 0 Å². The number of carbonyl (C=O) groups excluding carboxylic acids is 4. The Bertz CT molecular complexity index is 3180. The summed E-state index contributed by atoms with van der Waals surface area (Å²) in [5.41, 5.74) is 6.47. The lowest BCUT2D eigenvalue weighted by Crippen LogP contribution is -2.54. The van der Waals surface area contributed by atoms with E-state index >= 15 is 0 Å². The first-order valence-corrected chi connectivity index (χ1v) is 26.9. The molecule has 0 bridgehead atoms. The fourth-order valence-corrected chi connectivity index (χ4v) is 11.5. The number of piperazine rings is 1. The molecule has 3 fully saturated rings. The molecule has 72 heavy (non-hydrogen) atoms. The van der Waals surface area contributed by atoms with Gasteiger partial charge in [-0.2, -0.15) is 10.1 Å². The summed E-state index contributed by atoms with van der Waals surface area (Å²) in [7, 11) is 0.622. The van der Waals surface area contributed by atoms with Crippen LogP contribution < -0.4 is 35.8 Å². The first kappa shape index (κ1) is 48.5. The highest BCUT2D eigenvalue weighted by atomic mass is 35.5. The largest absolute Gasteiger partial charge is 0.494 e. The number of fused-ring (bicyclic) bond motifs is 1. The van der Waals surface area contributed by atoms with E-state index in [1.54, 1.807) is 73.7 Å². The molecule has 10 rings (SSSR count). The third-order valence-electron chi connectivity index (χ3n) is 14.0. The van der Waals surface area contributed by atoms with Crippen LogP contribution in [0.25, 0.3) is 22.3 Å². The summed E-state index contributed by atoms with van der Waals surface area (Å²) < 4.78 is 36.2. The Kier molecular flexibility index (Phi) is 13.3. The number of hydrogen-bond donors (Lipinski definition) is 3. The molecule has 4 amide bonds. The zero-order valence-corrected chi connectivity index (χ0v) is 42.0. The quantitative estimate of drug-likeness (QED) is 0.0762. The van der Waals surface area contributed by atoms with Crippen molar-refractivity contribution in [3.8, 4) is 28.0 Å². The van der Waals surface area contributed by atoms with E-state index in [4.69, 9.17) is 21.3 Å². The van der Waals surface area contributed by atoms with Gasteiger partial charge in [0.1, 0.15) is 29.8 Å². The Morgan fingerprint density at radius 1 is 0.806 bits per heavy atom. The second-order valence-electron chi connectivity index (χ2n) is 19.1. The minimum absolute atomic E-state index is 0.0760. The molecule has 0 radical (unpaired) electrons. The maximum atomic E-state index is 14.8. The van der Waals surface area contributed by atoms with Gasteiger partial charge in [-0.05, 0) is 86.5 Å². The molecule has 20 heteroatoms. The number of aromatic nitrogens is 4.